The minimum absolute atomic E-state index is 0.0791. The van der Waals surface area contributed by atoms with E-state index in [0.717, 1.165) is 12.1 Å². The summed E-state index contributed by atoms with van der Waals surface area (Å²) in [6.07, 6.45) is 4.27. The van der Waals surface area contributed by atoms with E-state index >= 15 is 0 Å². The molecule has 0 unspecified atom stereocenters. The molecule has 0 aliphatic carbocycles. The first-order valence-electron chi connectivity index (χ1n) is 5.47. The van der Waals surface area contributed by atoms with Crippen LogP contribution in [0.5, 0.6) is 0 Å². The third kappa shape index (κ3) is 2.91. The molecule has 0 radical (unpaired) electrons. The molecule has 0 aromatic carbocycles. The predicted octanol–water partition coefficient (Wildman–Crippen LogP) is 1.72. The molecule has 0 aliphatic heterocycles. The quantitative estimate of drug-likeness (QED) is 0.877. The summed E-state index contributed by atoms with van der Waals surface area (Å²) in [5.41, 5.74) is 2.61. The summed E-state index contributed by atoms with van der Waals surface area (Å²) < 4.78 is 1.66. The minimum Gasteiger partial charge on any atom is -0.360 e. The van der Waals surface area contributed by atoms with Gasteiger partial charge >= 0.3 is 0 Å². The molecule has 90 valence electrons. The van der Waals surface area contributed by atoms with Crippen molar-refractivity contribution in [3.05, 3.63) is 39.3 Å². The van der Waals surface area contributed by atoms with Crippen LogP contribution in [-0.2, 0) is 13.1 Å². The highest BCUT2D eigenvalue weighted by Crippen LogP contribution is 2.03. The molecule has 0 atom stereocenters. The van der Waals surface area contributed by atoms with Gasteiger partial charge in [-0.25, -0.2) is 9.97 Å². The van der Waals surface area contributed by atoms with Gasteiger partial charge in [0.05, 0.1) is 17.7 Å². The fourth-order valence-corrected chi connectivity index (χ4v) is 2.04. The summed E-state index contributed by atoms with van der Waals surface area (Å²) in [5.74, 6) is 0.383. The Morgan fingerprint density at radius 1 is 1.47 bits per heavy atom. The molecular weight excluding hydrogens is 236 g/mol. The molecule has 0 saturated carbocycles. The van der Waals surface area contributed by atoms with E-state index in [1.165, 1.54) is 11.3 Å². The zero-order chi connectivity index (χ0) is 12.1. The standard InChI is InChI=1S/C11H14N4OS/c1-2-4-15-5-3-12-10(11(15)16)13-6-9-7-17-8-14-9/h3,5,7-8H,2,4,6H2,1H3,(H,12,13). The summed E-state index contributed by atoms with van der Waals surface area (Å²) in [6, 6.07) is 0. The van der Waals surface area contributed by atoms with Gasteiger partial charge in [0.15, 0.2) is 5.82 Å². The Hall–Kier alpha value is -1.69. The Kier molecular flexibility index (Phi) is 3.87. The largest absolute Gasteiger partial charge is 0.360 e. The second-order valence-electron chi connectivity index (χ2n) is 3.61. The molecule has 17 heavy (non-hydrogen) atoms. The first-order chi connectivity index (χ1) is 8.31. The minimum atomic E-state index is -0.0791. The van der Waals surface area contributed by atoms with E-state index in [0.29, 0.717) is 18.9 Å². The number of nitrogens with one attached hydrogen (secondary N) is 1. The van der Waals surface area contributed by atoms with E-state index in [9.17, 15) is 4.79 Å². The van der Waals surface area contributed by atoms with Gasteiger partial charge in [-0.15, -0.1) is 11.3 Å². The fraction of sp³-hybridized carbons (Fsp3) is 0.364. The van der Waals surface area contributed by atoms with Gasteiger partial charge < -0.3 is 9.88 Å². The lowest BCUT2D eigenvalue weighted by atomic mass is 10.4. The van der Waals surface area contributed by atoms with Crippen LogP contribution < -0.4 is 10.9 Å². The monoisotopic (exact) mass is 250 g/mol. The van der Waals surface area contributed by atoms with E-state index in [-0.39, 0.29) is 5.56 Å². The van der Waals surface area contributed by atoms with Crippen LogP contribution in [0.25, 0.3) is 0 Å². The van der Waals surface area contributed by atoms with E-state index < -0.39 is 0 Å². The van der Waals surface area contributed by atoms with Crippen molar-refractivity contribution in [1.29, 1.82) is 0 Å². The molecule has 2 rings (SSSR count). The molecule has 5 nitrogen and oxygen atoms in total. The van der Waals surface area contributed by atoms with Gasteiger partial charge in [-0.1, -0.05) is 6.92 Å². The van der Waals surface area contributed by atoms with Crippen LogP contribution in [0.1, 0.15) is 19.0 Å². The molecule has 1 N–H and O–H groups in total. The van der Waals surface area contributed by atoms with Crippen molar-refractivity contribution in [2.75, 3.05) is 5.32 Å². The lowest BCUT2D eigenvalue weighted by molar-refractivity contribution is 0.649. The molecular formula is C11H14N4OS. The van der Waals surface area contributed by atoms with Gasteiger partial charge in [0, 0.05) is 24.3 Å². The highest BCUT2D eigenvalue weighted by molar-refractivity contribution is 7.07. The molecule has 0 spiro atoms. The zero-order valence-corrected chi connectivity index (χ0v) is 10.4. The first kappa shape index (κ1) is 11.8. The highest BCUT2D eigenvalue weighted by Gasteiger charge is 2.04. The summed E-state index contributed by atoms with van der Waals surface area (Å²) >= 11 is 1.54. The maximum Gasteiger partial charge on any atom is 0.293 e. The number of rotatable bonds is 5. The number of hydrogen-bond acceptors (Lipinski definition) is 5. The van der Waals surface area contributed by atoms with Crippen LogP contribution in [0.3, 0.4) is 0 Å². The van der Waals surface area contributed by atoms with E-state index in [4.69, 9.17) is 0 Å². The van der Waals surface area contributed by atoms with Gasteiger partial charge in [0.1, 0.15) is 0 Å². The SMILES string of the molecule is CCCn1ccnc(NCc2cscn2)c1=O. The highest BCUT2D eigenvalue weighted by atomic mass is 32.1. The Bertz CT molecular complexity index is 521. The summed E-state index contributed by atoms with van der Waals surface area (Å²) in [6.45, 7) is 3.28. The van der Waals surface area contributed by atoms with Gasteiger partial charge in [-0.3, -0.25) is 4.79 Å². The van der Waals surface area contributed by atoms with Crippen LogP contribution >= 0.6 is 11.3 Å². The molecule has 0 fully saturated rings. The van der Waals surface area contributed by atoms with Gasteiger partial charge in [-0.2, -0.15) is 0 Å². The molecule has 0 saturated heterocycles. The third-order valence-corrected chi connectivity index (χ3v) is 2.93. The van der Waals surface area contributed by atoms with Crippen molar-refractivity contribution < 1.29 is 0 Å². The van der Waals surface area contributed by atoms with Crippen molar-refractivity contribution in [2.24, 2.45) is 0 Å². The molecule has 2 aromatic rings. The van der Waals surface area contributed by atoms with Crippen LogP contribution in [0, 0.1) is 0 Å². The lowest BCUT2D eigenvalue weighted by Gasteiger charge is -2.06. The smallest absolute Gasteiger partial charge is 0.293 e. The lowest BCUT2D eigenvalue weighted by Crippen LogP contribution is -2.24. The first-order valence-corrected chi connectivity index (χ1v) is 6.42. The Labute approximate surface area is 103 Å². The molecule has 0 amide bonds. The Morgan fingerprint density at radius 2 is 2.35 bits per heavy atom. The van der Waals surface area contributed by atoms with E-state index in [2.05, 4.69) is 15.3 Å². The Morgan fingerprint density at radius 3 is 3.06 bits per heavy atom. The van der Waals surface area contributed by atoms with Crippen molar-refractivity contribution in [1.82, 2.24) is 14.5 Å². The van der Waals surface area contributed by atoms with Crippen molar-refractivity contribution in [2.45, 2.75) is 26.4 Å². The second kappa shape index (κ2) is 5.58. The van der Waals surface area contributed by atoms with Crippen molar-refractivity contribution in [3.8, 4) is 0 Å². The predicted molar refractivity (Wildman–Crippen MR) is 68.2 cm³/mol. The number of anilines is 1. The van der Waals surface area contributed by atoms with E-state index in [1.54, 1.807) is 22.5 Å². The summed E-state index contributed by atoms with van der Waals surface area (Å²) in [5, 5.41) is 4.96. The number of thiazole rings is 1. The molecule has 0 aliphatic rings. The number of aryl methyl sites for hydroxylation is 1. The van der Waals surface area contributed by atoms with Gasteiger partial charge in [0.2, 0.25) is 0 Å². The van der Waals surface area contributed by atoms with Crippen LogP contribution in [0.4, 0.5) is 5.82 Å². The van der Waals surface area contributed by atoms with Gasteiger partial charge in [-0.05, 0) is 6.42 Å². The normalized spacial score (nSPS) is 10.4. The third-order valence-electron chi connectivity index (χ3n) is 2.30. The molecule has 0 bridgehead atoms. The van der Waals surface area contributed by atoms with Crippen molar-refractivity contribution >= 4 is 17.2 Å². The second-order valence-corrected chi connectivity index (χ2v) is 4.33. The maximum absolute atomic E-state index is 11.9. The average molecular weight is 250 g/mol. The molecule has 6 heteroatoms. The molecule has 2 heterocycles. The van der Waals surface area contributed by atoms with Crippen LogP contribution in [0.15, 0.2) is 28.1 Å². The summed E-state index contributed by atoms with van der Waals surface area (Å²) in [4.78, 5) is 20.1. The average Bonchev–Trinajstić information content (AvgIpc) is 2.83. The fourth-order valence-electron chi connectivity index (χ4n) is 1.48. The van der Waals surface area contributed by atoms with E-state index in [1.807, 2.05) is 12.3 Å². The van der Waals surface area contributed by atoms with Crippen LogP contribution in [0.2, 0.25) is 0 Å². The topological polar surface area (TPSA) is 59.8 Å². The van der Waals surface area contributed by atoms with Gasteiger partial charge in [0.25, 0.3) is 5.56 Å². The Balaban J connectivity index is 2.10. The maximum atomic E-state index is 11.9. The zero-order valence-electron chi connectivity index (χ0n) is 9.59. The summed E-state index contributed by atoms with van der Waals surface area (Å²) in [7, 11) is 0. The molecule has 2 aromatic heterocycles. The number of nitrogens with zero attached hydrogens (tertiary/aromatic N) is 3. The van der Waals surface area contributed by atoms with Crippen molar-refractivity contribution in [3.63, 3.8) is 0 Å². The number of aromatic nitrogens is 3. The van der Waals surface area contributed by atoms with Crippen LogP contribution in [-0.4, -0.2) is 14.5 Å². The number of hydrogen-bond donors (Lipinski definition) is 1.